The van der Waals surface area contributed by atoms with Crippen molar-refractivity contribution in [3.63, 3.8) is 0 Å². The molecule has 1 amide bonds. The van der Waals surface area contributed by atoms with Gasteiger partial charge in [-0.3, -0.25) is 9.10 Å². The van der Waals surface area contributed by atoms with Crippen LogP contribution in [0.1, 0.15) is 49.4 Å². The molecule has 5 nitrogen and oxygen atoms in total. The van der Waals surface area contributed by atoms with E-state index >= 15 is 0 Å². The second-order valence-corrected chi connectivity index (χ2v) is 9.28. The summed E-state index contributed by atoms with van der Waals surface area (Å²) in [5.74, 6) is -0.260. The van der Waals surface area contributed by atoms with Gasteiger partial charge in [0.25, 0.3) is 0 Å². The molecule has 1 N–H and O–H groups in total. The molecule has 0 unspecified atom stereocenters. The lowest BCUT2D eigenvalue weighted by molar-refractivity contribution is -0.137. The largest absolute Gasteiger partial charge is 0.416 e. The number of anilines is 1. The average molecular weight is 457 g/mol. The fourth-order valence-corrected chi connectivity index (χ4v) is 4.10. The number of carbonyl (C=O) groups is 1. The molecule has 0 aliphatic carbocycles. The van der Waals surface area contributed by atoms with Crippen molar-refractivity contribution in [2.24, 2.45) is 0 Å². The summed E-state index contributed by atoms with van der Waals surface area (Å²) in [6.45, 7) is 3.80. The van der Waals surface area contributed by atoms with Crippen molar-refractivity contribution in [3.05, 3.63) is 65.2 Å². The number of nitrogens with zero attached hydrogens (tertiary/aromatic N) is 1. The second kappa shape index (κ2) is 10.2. The molecule has 2 rings (SSSR count). The first-order chi connectivity index (χ1) is 14.4. The number of sulfonamides is 1. The molecule has 0 saturated heterocycles. The number of rotatable bonds is 9. The molecule has 31 heavy (non-hydrogen) atoms. The van der Waals surface area contributed by atoms with Crippen LogP contribution in [-0.4, -0.2) is 27.1 Å². The minimum atomic E-state index is -4.58. The van der Waals surface area contributed by atoms with Crippen molar-refractivity contribution in [1.82, 2.24) is 5.32 Å². The quantitative estimate of drug-likeness (QED) is 0.595. The van der Waals surface area contributed by atoms with E-state index in [-0.39, 0.29) is 37.0 Å². The number of nitrogens with one attached hydrogen (secondary N) is 1. The molecule has 0 bridgehead atoms. The highest BCUT2D eigenvalue weighted by Gasteiger charge is 2.31. The number of hydrogen-bond acceptors (Lipinski definition) is 3. The minimum Gasteiger partial charge on any atom is -0.350 e. The van der Waals surface area contributed by atoms with Crippen LogP contribution in [0.4, 0.5) is 18.9 Å². The summed E-state index contributed by atoms with van der Waals surface area (Å²) in [6, 6.07) is 11.8. The predicted molar refractivity (Wildman–Crippen MR) is 115 cm³/mol. The first-order valence-corrected chi connectivity index (χ1v) is 11.8. The van der Waals surface area contributed by atoms with Crippen molar-refractivity contribution >= 4 is 21.6 Å². The highest BCUT2D eigenvalue weighted by Crippen LogP contribution is 2.32. The molecule has 0 fully saturated rings. The van der Waals surface area contributed by atoms with Crippen LogP contribution in [0.3, 0.4) is 0 Å². The molecule has 0 spiro atoms. The standard InChI is InChI=1S/C22H27F3N2O3S/c1-4-17-10-12-18(13-11-17)16(2)26-21(28)9-6-14-27(31(3,29)30)20-8-5-7-19(15-20)22(23,24)25/h5,7-8,10-13,15-16H,4,6,9,14H2,1-3H3,(H,26,28)/t16-/m1/s1. The van der Waals surface area contributed by atoms with Crippen molar-refractivity contribution in [1.29, 1.82) is 0 Å². The summed E-state index contributed by atoms with van der Waals surface area (Å²) >= 11 is 0. The first-order valence-electron chi connectivity index (χ1n) is 9.95. The Balaban J connectivity index is 1.99. The van der Waals surface area contributed by atoms with E-state index in [1.165, 1.54) is 11.6 Å². The maximum atomic E-state index is 13.0. The van der Waals surface area contributed by atoms with Crippen molar-refractivity contribution in [2.75, 3.05) is 17.1 Å². The van der Waals surface area contributed by atoms with Gasteiger partial charge in [-0.2, -0.15) is 13.2 Å². The Bertz CT molecular complexity index is 990. The van der Waals surface area contributed by atoms with E-state index in [0.717, 1.165) is 40.7 Å². The molecule has 0 aliphatic heterocycles. The molecule has 2 aromatic carbocycles. The van der Waals surface area contributed by atoms with E-state index in [9.17, 15) is 26.4 Å². The van der Waals surface area contributed by atoms with Gasteiger partial charge in [-0.05, 0) is 49.1 Å². The van der Waals surface area contributed by atoms with E-state index in [1.807, 2.05) is 31.2 Å². The Hall–Kier alpha value is -2.55. The summed E-state index contributed by atoms with van der Waals surface area (Å²) in [7, 11) is -3.82. The Morgan fingerprint density at radius 1 is 1.13 bits per heavy atom. The van der Waals surface area contributed by atoms with Gasteiger partial charge in [0.2, 0.25) is 15.9 Å². The van der Waals surface area contributed by atoms with E-state index in [0.29, 0.717) is 0 Å². The van der Waals surface area contributed by atoms with Crippen LogP contribution in [0.15, 0.2) is 48.5 Å². The molecule has 0 saturated carbocycles. The van der Waals surface area contributed by atoms with Crippen LogP contribution >= 0.6 is 0 Å². The number of alkyl halides is 3. The molecule has 2 aromatic rings. The van der Waals surface area contributed by atoms with Crippen molar-refractivity contribution < 1.29 is 26.4 Å². The lowest BCUT2D eigenvalue weighted by Gasteiger charge is -2.23. The van der Waals surface area contributed by atoms with E-state index in [1.54, 1.807) is 0 Å². The van der Waals surface area contributed by atoms with Crippen LogP contribution in [0.25, 0.3) is 0 Å². The summed E-state index contributed by atoms with van der Waals surface area (Å²) in [5, 5.41) is 2.86. The number of aryl methyl sites for hydroxylation is 1. The lowest BCUT2D eigenvalue weighted by atomic mass is 10.0. The molecule has 0 aliphatic rings. The normalized spacial score (nSPS) is 13.0. The SMILES string of the molecule is CCc1ccc([C@@H](C)NC(=O)CCCN(c2cccc(C(F)(F)F)c2)S(C)(=O)=O)cc1. The Morgan fingerprint density at radius 3 is 2.32 bits per heavy atom. The number of amides is 1. The highest BCUT2D eigenvalue weighted by atomic mass is 32.2. The molecule has 0 heterocycles. The predicted octanol–water partition coefficient (Wildman–Crippen LogP) is 4.69. The highest BCUT2D eigenvalue weighted by molar-refractivity contribution is 7.92. The van der Waals surface area contributed by atoms with Gasteiger partial charge in [0, 0.05) is 13.0 Å². The van der Waals surface area contributed by atoms with Gasteiger partial charge in [-0.15, -0.1) is 0 Å². The van der Waals surface area contributed by atoms with Crippen LogP contribution in [-0.2, 0) is 27.4 Å². The van der Waals surface area contributed by atoms with Gasteiger partial charge in [0.05, 0.1) is 23.5 Å². The van der Waals surface area contributed by atoms with Gasteiger partial charge in [0.15, 0.2) is 0 Å². The monoisotopic (exact) mass is 456 g/mol. The zero-order valence-electron chi connectivity index (χ0n) is 17.7. The Labute approximate surface area is 181 Å². The summed E-state index contributed by atoms with van der Waals surface area (Å²) in [5.41, 5.74) is 1.13. The first kappa shape index (κ1) is 24.7. The molecule has 170 valence electrons. The van der Waals surface area contributed by atoms with E-state index < -0.39 is 21.8 Å². The average Bonchev–Trinajstić information content (AvgIpc) is 2.69. The van der Waals surface area contributed by atoms with Gasteiger partial charge in [-0.25, -0.2) is 8.42 Å². The molecule has 9 heteroatoms. The third-order valence-corrected chi connectivity index (χ3v) is 6.09. The lowest BCUT2D eigenvalue weighted by Crippen LogP contribution is -2.32. The van der Waals surface area contributed by atoms with Gasteiger partial charge in [0.1, 0.15) is 0 Å². The van der Waals surface area contributed by atoms with Gasteiger partial charge in [-0.1, -0.05) is 37.3 Å². The Morgan fingerprint density at radius 2 is 1.77 bits per heavy atom. The summed E-state index contributed by atoms with van der Waals surface area (Å²) in [4.78, 5) is 12.3. The number of halogens is 3. The number of carbonyl (C=O) groups excluding carboxylic acids is 1. The molecule has 1 atom stereocenters. The van der Waals surface area contributed by atoms with Crippen LogP contribution < -0.4 is 9.62 Å². The van der Waals surface area contributed by atoms with Crippen LogP contribution in [0.5, 0.6) is 0 Å². The maximum absolute atomic E-state index is 13.0. The zero-order valence-corrected chi connectivity index (χ0v) is 18.6. The third kappa shape index (κ3) is 7.27. The third-order valence-electron chi connectivity index (χ3n) is 4.89. The maximum Gasteiger partial charge on any atom is 0.416 e. The second-order valence-electron chi connectivity index (χ2n) is 7.37. The number of hydrogen-bond donors (Lipinski definition) is 1. The summed E-state index contributed by atoms with van der Waals surface area (Å²) in [6.07, 6.45) is -2.53. The van der Waals surface area contributed by atoms with Gasteiger partial charge < -0.3 is 5.32 Å². The van der Waals surface area contributed by atoms with E-state index in [2.05, 4.69) is 12.2 Å². The van der Waals surface area contributed by atoms with E-state index in [4.69, 9.17) is 0 Å². The number of benzene rings is 2. The Kier molecular flexibility index (Phi) is 8.11. The molecule has 0 aromatic heterocycles. The van der Waals surface area contributed by atoms with Gasteiger partial charge >= 0.3 is 6.18 Å². The molecular weight excluding hydrogens is 429 g/mol. The fraction of sp³-hybridized carbons (Fsp3) is 0.409. The summed E-state index contributed by atoms with van der Waals surface area (Å²) < 4.78 is 64.1. The fourth-order valence-electron chi connectivity index (χ4n) is 3.15. The molecular formula is C22H27F3N2O3S. The topological polar surface area (TPSA) is 66.5 Å². The smallest absolute Gasteiger partial charge is 0.350 e. The molecule has 0 radical (unpaired) electrons. The van der Waals surface area contributed by atoms with Crippen molar-refractivity contribution in [3.8, 4) is 0 Å². The zero-order chi connectivity index (χ0) is 23.2. The van der Waals surface area contributed by atoms with Crippen LogP contribution in [0, 0.1) is 0 Å². The van der Waals surface area contributed by atoms with Crippen LogP contribution in [0.2, 0.25) is 0 Å². The van der Waals surface area contributed by atoms with Crippen molar-refractivity contribution in [2.45, 2.75) is 45.3 Å². The minimum absolute atomic E-state index is 0.0440.